The summed E-state index contributed by atoms with van der Waals surface area (Å²) in [4.78, 5) is 0. The van der Waals surface area contributed by atoms with Gasteiger partial charge in [-0.05, 0) is 23.8 Å². The van der Waals surface area contributed by atoms with Crippen molar-refractivity contribution >= 4 is 70.1 Å². The Balaban J connectivity index is 2.10. The highest BCUT2D eigenvalue weighted by atomic mass is 31.1. The van der Waals surface area contributed by atoms with Gasteiger partial charge in [0.1, 0.15) is 0 Å². The van der Waals surface area contributed by atoms with Gasteiger partial charge in [-0.3, -0.25) is 0 Å². The summed E-state index contributed by atoms with van der Waals surface area (Å²) >= 11 is 0. The molecule has 0 spiro atoms. The fraction of sp³-hybridized carbons (Fsp3) is 0. The van der Waals surface area contributed by atoms with Gasteiger partial charge in [0.05, 0.1) is 30.7 Å². The lowest BCUT2D eigenvalue weighted by Crippen LogP contribution is -2.23. The minimum Gasteiger partial charge on any atom is -0.0673 e. The summed E-state index contributed by atoms with van der Waals surface area (Å²) in [6.07, 6.45) is 0. The Morgan fingerprint density at radius 1 is 0.409 bits per heavy atom. The van der Waals surface area contributed by atoms with Crippen molar-refractivity contribution in [3.63, 3.8) is 0 Å². The molecule has 0 aromatic heterocycles. The average Bonchev–Trinajstić information content (AvgIpc) is 2.53. The van der Waals surface area contributed by atoms with Crippen molar-refractivity contribution in [2.45, 2.75) is 0 Å². The highest BCUT2D eigenvalue weighted by Crippen LogP contribution is 2.31. The zero-order valence-electron chi connectivity index (χ0n) is 11.9. The molecule has 0 N–H and O–H groups in total. The second-order valence-electron chi connectivity index (χ2n) is 4.98. The fourth-order valence-corrected chi connectivity index (χ4v) is 5.01. The monoisotopic (exact) mass is 343 g/mol. The maximum Gasteiger partial charge on any atom is 0.0711 e. The van der Waals surface area contributed by atoms with E-state index < -0.39 is 7.92 Å². The van der Waals surface area contributed by atoms with Crippen LogP contribution in [0.3, 0.4) is 0 Å². The summed E-state index contributed by atoms with van der Waals surface area (Å²) in [5.41, 5.74) is 0. The van der Waals surface area contributed by atoms with E-state index in [1.165, 1.54) is 15.9 Å². The first kappa shape index (κ1) is 15.6. The number of benzene rings is 3. The molecule has 0 atom stereocenters. The molecule has 0 saturated carbocycles. The molecule has 4 heteroatoms. The van der Waals surface area contributed by atoms with Crippen LogP contribution in [0.15, 0.2) is 72.8 Å². The minimum absolute atomic E-state index is 0.548. The predicted octanol–water partition coefficient (Wildman–Crippen LogP) is -0.174. The van der Waals surface area contributed by atoms with Crippen LogP contribution in [0.5, 0.6) is 0 Å². The van der Waals surface area contributed by atoms with Gasteiger partial charge in [-0.25, -0.2) is 0 Å². The quantitative estimate of drug-likeness (QED) is 0.457. The molecule has 0 amide bonds. The molecule has 3 rings (SSSR count). The summed E-state index contributed by atoms with van der Waals surface area (Å²) in [7, 11) is 10.2. The van der Waals surface area contributed by atoms with Crippen LogP contribution in [0.4, 0.5) is 0 Å². The molecule has 0 bridgehead atoms. The molecule has 3 aromatic carbocycles. The molecule has 101 valence electrons. The van der Waals surface area contributed by atoms with E-state index in [0.717, 1.165) is 15.6 Å². The Morgan fingerprint density at radius 3 is 0.864 bits per heavy atom. The Bertz CT molecular complexity index is 642. The van der Waals surface area contributed by atoms with Gasteiger partial charge in [-0.1, -0.05) is 88.4 Å². The van der Waals surface area contributed by atoms with Crippen LogP contribution in [0, 0.1) is 0 Å². The summed E-state index contributed by atoms with van der Waals surface area (Å²) in [5.74, 6) is 0. The van der Waals surface area contributed by atoms with Crippen LogP contribution in [0.2, 0.25) is 0 Å². The molecule has 9 radical (unpaired) electrons. The largest absolute Gasteiger partial charge is 0.0711 e. The maximum absolute atomic E-state index is 3.57. The molecule has 0 heterocycles. The van der Waals surface area contributed by atoms with E-state index in [4.69, 9.17) is 0 Å². The van der Waals surface area contributed by atoms with Gasteiger partial charge < -0.3 is 0 Å². The molecule has 0 aliphatic rings. The number of rotatable bonds is 3. The van der Waals surface area contributed by atoms with Gasteiger partial charge in [0.2, 0.25) is 0 Å². The second kappa shape index (κ2) is 6.88. The molecule has 3 aromatic rings. The lowest BCUT2D eigenvalue weighted by molar-refractivity contribution is 1.80. The first-order valence-electron chi connectivity index (χ1n) is 6.88. The third-order valence-corrected chi connectivity index (χ3v) is 6.82. The fourth-order valence-electron chi connectivity index (χ4n) is 2.28. The van der Waals surface area contributed by atoms with Crippen molar-refractivity contribution in [3.8, 4) is 0 Å². The molecule has 0 aliphatic carbocycles. The van der Waals surface area contributed by atoms with Crippen LogP contribution < -0.4 is 31.5 Å². The molecular formula is C18H12PSi3. The van der Waals surface area contributed by atoms with E-state index in [9.17, 15) is 0 Å². The van der Waals surface area contributed by atoms with Crippen molar-refractivity contribution < 1.29 is 0 Å². The standard InChI is InChI=1S/C18H12PSi3/c20-16-7-1-13(2-8-16)19(14-3-9-17(21)10-4-14)15-5-11-18(22)12-6-15/h1-12H. The SMILES string of the molecule is [Si]c1ccc(P(c2ccc([Si])cc2)c2ccc([Si])cc2)cc1. The van der Waals surface area contributed by atoms with E-state index in [1.807, 2.05) is 0 Å². The van der Waals surface area contributed by atoms with Gasteiger partial charge in [0, 0.05) is 0 Å². The van der Waals surface area contributed by atoms with E-state index in [-0.39, 0.29) is 0 Å². The highest BCUT2D eigenvalue weighted by molar-refractivity contribution is 7.79. The molecular weight excluding hydrogens is 331 g/mol. The van der Waals surface area contributed by atoms with Gasteiger partial charge in [0.25, 0.3) is 0 Å². The Morgan fingerprint density at radius 2 is 0.636 bits per heavy atom. The van der Waals surface area contributed by atoms with Gasteiger partial charge >= 0.3 is 0 Å². The van der Waals surface area contributed by atoms with Crippen LogP contribution in [-0.2, 0) is 0 Å². The van der Waals surface area contributed by atoms with Gasteiger partial charge in [-0.15, -0.1) is 0 Å². The molecule has 22 heavy (non-hydrogen) atoms. The molecule has 0 saturated heterocycles. The maximum atomic E-state index is 3.57. The van der Waals surface area contributed by atoms with E-state index in [0.29, 0.717) is 0 Å². The lowest BCUT2D eigenvalue weighted by Gasteiger charge is -2.20. The van der Waals surface area contributed by atoms with Crippen molar-refractivity contribution in [2.75, 3.05) is 0 Å². The normalized spacial score (nSPS) is 10.9. The first-order chi connectivity index (χ1) is 10.6. The van der Waals surface area contributed by atoms with Crippen LogP contribution in [0.25, 0.3) is 0 Å². The van der Waals surface area contributed by atoms with Crippen LogP contribution >= 0.6 is 7.92 Å². The highest BCUT2D eigenvalue weighted by Gasteiger charge is 2.16. The summed E-state index contributed by atoms with van der Waals surface area (Å²) < 4.78 is 0. The zero-order valence-corrected chi connectivity index (χ0v) is 15.8. The van der Waals surface area contributed by atoms with E-state index in [2.05, 4.69) is 104 Å². The summed E-state index contributed by atoms with van der Waals surface area (Å²) in [6.45, 7) is 0. The Kier molecular flexibility index (Phi) is 4.89. The zero-order chi connectivity index (χ0) is 15.5. The molecule has 0 nitrogen and oxygen atoms in total. The second-order valence-corrected chi connectivity index (χ2v) is 8.93. The third-order valence-electron chi connectivity index (χ3n) is 3.38. The van der Waals surface area contributed by atoms with Crippen LogP contribution in [-0.4, -0.2) is 30.7 Å². The van der Waals surface area contributed by atoms with Gasteiger partial charge in [-0.2, -0.15) is 0 Å². The topological polar surface area (TPSA) is 0 Å². The molecule has 0 unspecified atom stereocenters. The average molecular weight is 344 g/mol. The van der Waals surface area contributed by atoms with E-state index in [1.54, 1.807) is 0 Å². The van der Waals surface area contributed by atoms with Crippen molar-refractivity contribution in [2.24, 2.45) is 0 Å². The summed E-state index contributed by atoms with van der Waals surface area (Å²) in [5, 5.41) is 7.35. The number of hydrogen-bond acceptors (Lipinski definition) is 0. The first-order valence-corrected chi connectivity index (χ1v) is 9.73. The van der Waals surface area contributed by atoms with Crippen molar-refractivity contribution in [1.82, 2.24) is 0 Å². The number of hydrogen-bond donors (Lipinski definition) is 0. The predicted molar refractivity (Wildman–Crippen MR) is 101 cm³/mol. The Hall–Kier alpha value is -1.26. The third kappa shape index (κ3) is 3.55. The van der Waals surface area contributed by atoms with Crippen molar-refractivity contribution in [1.29, 1.82) is 0 Å². The minimum atomic E-state index is -0.548. The molecule has 0 aliphatic heterocycles. The summed E-state index contributed by atoms with van der Waals surface area (Å²) in [6, 6.07) is 25.9. The van der Waals surface area contributed by atoms with Gasteiger partial charge in [0.15, 0.2) is 0 Å². The van der Waals surface area contributed by atoms with E-state index >= 15 is 0 Å². The van der Waals surface area contributed by atoms with Crippen molar-refractivity contribution in [3.05, 3.63) is 72.8 Å². The molecule has 0 fully saturated rings. The lowest BCUT2D eigenvalue weighted by atomic mass is 10.3. The smallest absolute Gasteiger partial charge is 0.0673 e. The Labute approximate surface area is 143 Å². The van der Waals surface area contributed by atoms with Crippen LogP contribution in [0.1, 0.15) is 0 Å².